The normalized spacial score (nSPS) is 15.1. The van der Waals surface area contributed by atoms with Gasteiger partial charge in [-0.1, -0.05) is 34.7 Å². The summed E-state index contributed by atoms with van der Waals surface area (Å²) >= 11 is 0. The zero-order valence-corrected chi connectivity index (χ0v) is 26.3. The number of fused-ring (bicyclic) bond motifs is 6. The summed E-state index contributed by atoms with van der Waals surface area (Å²) in [7, 11) is 0. The number of nitrogens with zero attached hydrogens (tertiary/aromatic N) is 3. The van der Waals surface area contributed by atoms with Gasteiger partial charge in [0, 0.05) is 49.5 Å². The molecule has 4 aromatic heterocycles. The van der Waals surface area contributed by atoms with Gasteiger partial charge in [-0.15, -0.1) is 54.1 Å². The maximum atomic E-state index is 6.16. The number of aryl methyl sites for hydroxylation is 2. The molecule has 6 aromatic rings. The molecule has 4 heterocycles. The second-order valence-electron chi connectivity index (χ2n) is 11.0. The van der Waals surface area contributed by atoms with Crippen LogP contribution in [0.3, 0.4) is 0 Å². The Kier molecular flexibility index (Phi) is 7.49. The number of pyridine rings is 3. The van der Waals surface area contributed by atoms with Gasteiger partial charge in [0.1, 0.15) is 0 Å². The Balaban J connectivity index is 0.000000191. The van der Waals surface area contributed by atoms with E-state index in [0.29, 0.717) is 11.6 Å². The van der Waals surface area contributed by atoms with E-state index in [1.165, 1.54) is 33.4 Å². The molecule has 1 unspecified atom stereocenters. The summed E-state index contributed by atoms with van der Waals surface area (Å²) in [6.45, 7) is 8.49. The quantitative estimate of drug-likeness (QED) is 0.167. The molecular weight excluding hydrogens is 695 g/mol. The first kappa shape index (κ1) is 28.0. The van der Waals surface area contributed by atoms with Gasteiger partial charge < -0.3 is 14.4 Å². The van der Waals surface area contributed by atoms with Crippen molar-refractivity contribution in [2.24, 2.45) is 0 Å². The van der Waals surface area contributed by atoms with Crippen molar-refractivity contribution in [3.8, 4) is 22.5 Å². The number of hydrogen-bond acceptors (Lipinski definition) is 4. The molecule has 4 nitrogen and oxygen atoms in total. The molecule has 2 aromatic carbocycles. The van der Waals surface area contributed by atoms with E-state index in [2.05, 4.69) is 60.2 Å². The van der Waals surface area contributed by atoms with E-state index in [0.717, 1.165) is 51.0 Å². The molecule has 0 saturated carbocycles. The Hall–Kier alpha value is -4.18. The maximum absolute atomic E-state index is 6.16. The summed E-state index contributed by atoms with van der Waals surface area (Å²) in [5, 5.41) is 2.10. The molecule has 209 valence electrons. The molecule has 1 atom stereocenters. The average molecular weight is 724 g/mol. The van der Waals surface area contributed by atoms with Crippen molar-refractivity contribution in [2.45, 2.75) is 40.0 Å². The van der Waals surface area contributed by atoms with Crippen LogP contribution in [-0.4, -0.2) is 15.0 Å². The Labute approximate surface area is 259 Å². The smallest absolute Gasteiger partial charge is 0.216 e. The fourth-order valence-corrected chi connectivity index (χ4v) is 5.86. The molecule has 5 heteroatoms. The Bertz CT molecular complexity index is 2000. The molecule has 42 heavy (non-hydrogen) atoms. The topological polar surface area (TPSA) is 51.8 Å². The Morgan fingerprint density at radius 1 is 0.833 bits per heavy atom. The van der Waals surface area contributed by atoms with Gasteiger partial charge in [0.2, 0.25) is 5.71 Å². The van der Waals surface area contributed by atoms with Crippen molar-refractivity contribution in [3.63, 3.8) is 0 Å². The minimum atomic E-state index is 0. The molecule has 0 N–H and O–H groups in total. The van der Waals surface area contributed by atoms with Gasteiger partial charge in [0.05, 0.1) is 5.58 Å². The second-order valence-corrected chi connectivity index (χ2v) is 11.0. The van der Waals surface area contributed by atoms with Crippen LogP contribution in [0.2, 0.25) is 0 Å². The molecule has 2 aliphatic carbocycles. The van der Waals surface area contributed by atoms with Crippen LogP contribution in [0.15, 0.2) is 100 Å². The third kappa shape index (κ3) is 4.93. The van der Waals surface area contributed by atoms with Gasteiger partial charge in [-0.25, -0.2) is 4.98 Å². The molecule has 0 spiro atoms. The summed E-state index contributed by atoms with van der Waals surface area (Å²) in [5.41, 5.74) is 14.5. The summed E-state index contributed by atoms with van der Waals surface area (Å²) in [6, 6.07) is 28.8. The van der Waals surface area contributed by atoms with Crippen molar-refractivity contribution in [1.29, 1.82) is 0 Å². The van der Waals surface area contributed by atoms with Crippen molar-refractivity contribution in [2.75, 3.05) is 0 Å². The maximum Gasteiger partial charge on any atom is 0.216 e. The van der Waals surface area contributed by atoms with E-state index in [1.807, 2.05) is 74.8 Å². The standard InChI is InChI=1S/C25H19N2O.C12H10N.Ir/c1-13-9-22-20(15(13)3)10-16-12-26-23(11-21(16)22)19-6-4-5-17-18-8-7-14(2)27-25(18)28-24(17)19;1-10-7-8-12(13-9-10)11-5-3-2-4-6-11;/h4-5,7-8,10-12,22H,9H2,1-3H3;2-5,7-9H,1H3;/q2*-1;. The predicted octanol–water partition coefficient (Wildman–Crippen LogP) is 9.23. The number of aromatic nitrogens is 3. The van der Waals surface area contributed by atoms with Crippen molar-refractivity contribution in [3.05, 3.63) is 130 Å². The van der Waals surface area contributed by atoms with Crippen LogP contribution in [0.25, 0.3) is 50.7 Å². The largest absolute Gasteiger partial charge is 0.486 e. The fourth-order valence-electron chi connectivity index (χ4n) is 5.86. The number of benzene rings is 2. The molecule has 0 bridgehead atoms. The monoisotopic (exact) mass is 724 g/mol. The first-order valence-corrected chi connectivity index (χ1v) is 13.9. The van der Waals surface area contributed by atoms with Gasteiger partial charge in [-0.3, -0.25) is 0 Å². The number of furan rings is 1. The van der Waals surface area contributed by atoms with Crippen LogP contribution < -0.4 is 0 Å². The third-order valence-corrected chi connectivity index (χ3v) is 8.20. The molecule has 2 aliphatic rings. The zero-order valence-electron chi connectivity index (χ0n) is 24.0. The summed E-state index contributed by atoms with van der Waals surface area (Å²) < 4.78 is 6.16. The van der Waals surface area contributed by atoms with Crippen LogP contribution >= 0.6 is 0 Å². The first-order valence-electron chi connectivity index (χ1n) is 13.9. The molecule has 0 amide bonds. The summed E-state index contributed by atoms with van der Waals surface area (Å²) in [4.78, 5) is 13.6. The van der Waals surface area contributed by atoms with E-state index in [1.54, 1.807) is 0 Å². The minimum absolute atomic E-state index is 0. The van der Waals surface area contributed by atoms with Crippen LogP contribution in [0.5, 0.6) is 0 Å². The number of rotatable bonds is 2. The van der Waals surface area contributed by atoms with Gasteiger partial charge in [-0.05, 0) is 91.5 Å². The second kappa shape index (κ2) is 11.2. The van der Waals surface area contributed by atoms with Crippen LogP contribution in [-0.2, 0) is 20.1 Å². The molecular formula is C37H29IrN3O-2. The predicted molar refractivity (Wildman–Crippen MR) is 165 cm³/mol. The number of allylic oxidation sites excluding steroid dienone is 3. The third-order valence-electron chi connectivity index (χ3n) is 8.20. The zero-order chi connectivity index (χ0) is 28.1. The van der Waals surface area contributed by atoms with Crippen LogP contribution in [0.1, 0.15) is 48.6 Å². The van der Waals surface area contributed by atoms with E-state index in [-0.39, 0.29) is 20.1 Å². The molecule has 8 rings (SSSR count). The van der Waals surface area contributed by atoms with Crippen LogP contribution in [0, 0.1) is 26.0 Å². The van der Waals surface area contributed by atoms with E-state index >= 15 is 0 Å². The minimum Gasteiger partial charge on any atom is -0.486 e. The van der Waals surface area contributed by atoms with Gasteiger partial charge in [-0.2, -0.15) is 0 Å². The number of hydrogen-bond donors (Lipinski definition) is 0. The van der Waals surface area contributed by atoms with E-state index < -0.39 is 0 Å². The van der Waals surface area contributed by atoms with Gasteiger partial charge in [0.25, 0.3) is 0 Å². The Morgan fingerprint density at radius 3 is 2.48 bits per heavy atom. The van der Waals surface area contributed by atoms with Crippen molar-refractivity contribution in [1.82, 2.24) is 15.0 Å². The Morgan fingerprint density at radius 2 is 1.69 bits per heavy atom. The molecule has 1 radical (unpaired) electrons. The molecule has 0 fully saturated rings. The van der Waals surface area contributed by atoms with E-state index in [9.17, 15) is 0 Å². The average Bonchev–Trinajstić information content (AvgIpc) is 3.63. The summed E-state index contributed by atoms with van der Waals surface area (Å²) in [6.07, 6.45) is 7.28. The van der Waals surface area contributed by atoms with Gasteiger partial charge >= 0.3 is 0 Å². The van der Waals surface area contributed by atoms with Crippen molar-refractivity contribution >= 4 is 28.1 Å². The SMILES string of the molecule is CC1=C(C)C2=Cc3cnc(-c4[c-]ccc5c4oc4nc(C)ccc45)cc3C2C1.Cc1ccc(-c2[c-]cccc2)nc1.[Ir]. The van der Waals surface area contributed by atoms with E-state index in [4.69, 9.17) is 9.40 Å². The van der Waals surface area contributed by atoms with Crippen LogP contribution in [0.4, 0.5) is 0 Å². The molecule has 0 saturated heterocycles. The van der Waals surface area contributed by atoms with Crippen molar-refractivity contribution < 1.29 is 24.5 Å². The van der Waals surface area contributed by atoms with Gasteiger partial charge in [0.15, 0.2) is 0 Å². The first-order chi connectivity index (χ1) is 20.0. The summed E-state index contributed by atoms with van der Waals surface area (Å²) in [5.74, 6) is 0.468. The molecule has 0 aliphatic heterocycles. The fraction of sp³-hybridized carbons (Fsp3) is 0.162.